The highest BCUT2D eigenvalue weighted by molar-refractivity contribution is 7.25. The lowest BCUT2D eigenvalue weighted by atomic mass is 9.98. The van der Waals surface area contributed by atoms with Crippen LogP contribution >= 0.6 is 11.3 Å². The summed E-state index contributed by atoms with van der Waals surface area (Å²) in [6.07, 6.45) is -0.377. The maximum absolute atomic E-state index is 5.40. The van der Waals surface area contributed by atoms with E-state index in [2.05, 4.69) is 198 Å². The van der Waals surface area contributed by atoms with Gasteiger partial charge in [0.1, 0.15) is 12.0 Å². The Bertz CT molecular complexity index is 3150. The summed E-state index contributed by atoms with van der Waals surface area (Å²) in [5.41, 5.74) is 11.2. The third kappa shape index (κ3) is 5.52. The predicted octanol–water partition coefficient (Wildman–Crippen LogP) is 13.0. The van der Waals surface area contributed by atoms with Gasteiger partial charge in [0.15, 0.2) is 5.84 Å². The summed E-state index contributed by atoms with van der Waals surface area (Å²) in [6, 6.07) is 69.2. The third-order valence-electron chi connectivity index (χ3n) is 10.9. The fraction of sp³-hybridized carbons (Fsp3) is 0.0196. The van der Waals surface area contributed by atoms with E-state index in [-0.39, 0.29) is 6.17 Å². The molecule has 0 amide bonds. The van der Waals surface area contributed by atoms with Crippen molar-refractivity contribution < 1.29 is 0 Å². The second-order valence-corrected chi connectivity index (χ2v) is 15.3. The van der Waals surface area contributed by atoms with Crippen molar-refractivity contribution >= 4 is 65.0 Å². The fourth-order valence-corrected chi connectivity index (χ4v) is 9.30. The largest absolute Gasteiger partial charge is 0.344 e. The average molecular weight is 735 g/mol. The van der Waals surface area contributed by atoms with Crippen molar-refractivity contribution in [1.29, 1.82) is 0 Å². The number of aromatic nitrogens is 1. The lowest BCUT2D eigenvalue weighted by Crippen LogP contribution is -2.33. The lowest BCUT2D eigenvalue weighted by Gasteiger charge is -2.24. The van der Waals surface area contributed by atoms with Crippen LogP contribution in [0.1, 0.15) is 22.9 Å². The smallest absolute Gasteiger partial charge is 0.159 e. The normalized spacial score (nSPS) is 14.2. The van der Waals surface area contributed by atoms with E-state index in [1.54, 1.807) is 0 Å². The predicted molar refractivity (Wildman–Crippen MR) is 236 cm³/mol. The summed E-state index contributed by atoms with van der Waals surface area (Å²) >= 11 is 1.85. The Morgan fingerprint density at radius 3 is 1.88 bits per heavy atom. The molecule has 1 N–H and O–H groups in total. The molecule has 4 nitrogen and oxygen atoms in total. The van der Waals surface area contributed by atoms with Gasteiger partial charge in [-0.3, -0.25) is 0 Å². The van der Waals surface area contributed by atoms with Crippen LogP contribution < -0.4 is 5.32 Å². The minimum atomic E-state index is -0.377. The first-order valence-corrected chi connectivity index (χ1v) is 19.8. The van der Waals surface area contributed by atoms with Gasteiger partial charge in [0.25, 0.3) is 0 Å². The molecule has 264 valence electrons. The first kappa shape index (κ1) is 32.4. The Morgan fingerprint density at radius 1 is 0.446 bits per heavy atom. The Hall–Kier alpha value is -7.08. The van der Waals surface area contributed by atoms with Crippen molar-refractivity contribution in [2.45, 2.75) is 6.17 Å². The SMILES string of the molecule is c1ccc(C2=NC(c3cccc(-c4ccc(-c5ccccc5)cc4)c3)=NC(c3cccc4c3c3ccccc3n4-c3ccc4sc5ccccc5c4c3)N2)cc1. The van der Waals surface area contributed by atoms with Crippen molar-refractivity contribution in [2.24, 2.45) is 9.98 Å². The molecule has 0 radical (unpaired) electrons. The molecule has 2 aromatic heterocycles. The van der Waals surface area contributed by atoms with Crippen molar-refractivity contribution in [3.8, 4) is 27.9 Å². The second kappa shape index (κ2) is 13.3. The molecule has 1 atom stereocenters. The molecule has 0 saturated heterocycles. The molecule has 8 aromatic carbocycles. The highest BCUT2D eigenvalue weighted by atomic mass is 32.1. The first-order valence-electron chi connectivity index (χ1n) is 18.9. The average Bonchev–Trinajstić information content (AvgIpc) is 3.82. The fourth-order valence-electron chi connectivity index (χ4n) is 8.21. The minimum absolute atomic E-state index is 0.377. The van der Waals surface area contributed by atoms with Crippen LogP contribution in [-0.2, 0) is 0 Å². The number of hydrogen-bond donors (Lipinski definition) is 1. The van der Waals surface area contributed by atoms with Crippen LogP contribution in [-0.4, -0.2) is 16.2 Å². The lowest BCUT2D eigenvalue weighted by molar-refractivity contribution is 0.680. The van der Waals surface area contributed by atoms with E-state index in [9.17, 15) is 0 Å². The van der Waals surface area contributed by atoms with Gasteiger partial charge in [-0.05, 0) is 64.7 Å². The topological polar surface area (TPSA) is 41.7 Å². The van der Waals surface area contributed by atoms with Crippen LogP contribution in [0.15, 0.2) is 204 Å². The Kier molecular flexibility index (Phi) is 7.71. The van der Waals surface area contributed by atoms with Gasteiger partial charge in [0.05, 0.1) is 11.0 Å². The third-order valence-corrected chi connectivity index (χ3v) is 12.0. The maximum atomic E-state index is 5.40. The number of nitrogens with one attached hydrogen (secondary N) is 1. The molecule has 3 heterocycles. The Morgan fingerprint density at radius 2 is 1.05 bits per heavy atom. The molecule has 5 heteroatoms. The Balaban J connectivity index is 1.05. The van der Waals surface area contributed by atoms with E-state index in [0.29, 0.717) is 5.84 Å². The molecule has 0 saturated carbocycles. The number of aliphatic imine (C=N–C) groups is 2. The molecule has 0 spiro atoms. The van der Waals surface area contributed by atoms with Gasteiger partial charge in [-0.2, -0.15) is 0 Å². The zero-order valence-electron chi connectivity index (χ0n) is 30.3. The summed E-state index contributed by atoms with van der Waals surface area (Å²) in [5, 5.41) is 8.71. The number of fused-ring (bicyclic) bond motifs is 6. The summed E-state index contributed by atoms with van der Waals surface area (Å²) in [5.74, 6) is 1.50. The molecule has 1 aliphatic heterocycles. The number of hydrogen-bond acceptors (Lipinski definition) is 4. The van der Waals surface area contributed by atoms with Crippen LogP contribution in [0.4, 0.5) is 0 Å². The second-order valence-electron chi connectivity index (χ2n) is 14.2. The molecule has 0 bridgehead atoms. The minimum Gasteiger partial charge on any atom is -0.344 e. The van der Waals surface area contributed by atoms with Crippen molar-refractivity contribution in [3.63, 3.8) is 0 Å². The molecular formula is C51H34N4S. The van der Waals surface area contributed by atoms with Crippen LogP contribution in [0, 0.1) is 0 Å². The van der Waals surface area contributed by atoms with Crippen molar-refractivity contribution in [1.82, 2.24) is 9.88 Å². The van der Waals surface area contributed by atoms with Crippen LogP contribution in [0.2, 0.25) is 0 Å². The van der Waals surface area contributed by atoms with E-state index in [1.165, 1.54) is 42.1 Å². The van der Waals surface area contributed by atoms with Gasteiger partial charge in [-0.15, -0.1) is 11.3 Å². The maximum Gasteiger partial charge on any atom is 0.159 e. The Labute approximate surface area is 328 Å². The van der Waals surface area contributed by atoms with Gasteiger partial charge in [-0.25, -0.2) is 9.98 Å². The number of nitrogens with zero attached hydrogens (tertiary/aromatic N) is 3. The van der Waals surface area contributed by atoms with Gasteiger partial charge >= 0.3 is 0 Å². The zero-order valence-corrected chi connectivity index (χ0v) is 31.1. The van der Waals surface area contributed by atoms with E-state index < -0.39 is 0 Å². The first-order chi connectivity index (χ1) is 27.7. The van der Waals surface area contributed by atoms with Gasteiger partial charge < -0.3 is 9.88 Å². The van der Waals surface area contributed by atoms with Crippen LogP contribution in [0.3, 0.4) is 0 Å². The summed E-state index contributed by atoms with van der Waals surface area (Å²) in [6.45, 7) is 0. The number of thiophene rings is 1. The molecule has 11 rings (SSSR count). The van der Waals surface area contributed by atoms with Crippen LogP contribution in [0.25, 0.3) is 69.9 Å². The van der Waals surface area contributed by atoms with Crippen molar-refractivity contribution in [2.75, 3.05) is 0 Å². The summed E-state index contributed by atoms with van der Waals surface area (Å²) < 4.78 is 5.01. The van der Waals surface area contributed by atoms with Gasteiger partial charge in [-0.1, -0.05) is 152 Å². The quantitative estimate of drug-likeness (QED) is 0.182. The number of rotatable bonds is 6. The van der Waals surface area contributed by atoms with E-state index in [0.717, 1.165) is 50.4 Å². The number of benzene rings is 8. The van der Waals surface area contributed by atoms with Gasteiger partial charge in [0, 0.05) is 53.3 Å². The van der Waals surface area contributed by atoms with E-state index in [4.69, 9.17) is 9.98 Å². The molecule has 0 fully saturated rings. The summed E-state index contributed by atoms with van der Waals surface area (Å²) in [4.78, 5) is 10.6. The number of amidine groups is 2. The van der Waals surface area contributed by atoms with E-state index in [1.807, 2.05) is 17.4 Å². The summed E-state index contributed by atoms with van der Waals surface area (Å²) in [7, 11) is 0. The molecular weight excluding hydrogens is 701 g/mol. The molecule has 1 unspecified atom stereocenters. The highest BCUT2D eigenvalue weighted by Gasteiger charge is 2.25. The van der Waals surface area contributed by atoms with E-state index >= 15 is 0 Å². The highest BCUT2D eigenvalue weighted by Crippen LogP contribution is 2.40. The van der Waals surface area contributed by atoms with Crippen molar-refractivity contribution in [3.05, 3.63) is 211 Å². The van der Waals surface area contributed by atoms with Crippen LogP contribution in [0.5, 0.6) is 0 Å². The molecule has 0 aliphatic carbocycles. The number of para-hydroxylation sites is 1. The molecule has 56 heavy (non-hydrogen) atoms. The molecule has 1 aliphatic rings. The molecule has 10 aromatic rings. The monoisotopic (exact) mass is 734 g/mol. The standard InChI is InChI=1S/C51H34N4S/c1-3-13-33(14-4-1)34-25-27-35(28-26-34)37-17-11-18-38(31-37)50-52-49(36-15-5-2-6-16-36)53-51(54-50)42-21-12-23-45-48(42)41-20-7-9-22-44(41)55(45)39-29-30-47-43(32-39)40-19-8-10-24-46(40)56-47/h1-32,51H,(H,52,53,54). The zero-order chi connectivity index (χ0) is 37.0. The van der Waals surface area contributed by atoms with Gasteiger partial charge in [0.2, 0.25) is 0 Å².